The number of phenols is 1. The molecule has 0 saturated carbocycles. The van der Waals surface area contributed by atoms with Crippen LogP contribution in [-0.2, 0) is 17.9 Å². The van der Waals surface area contributed by atoms with Crippen LogP contribution in [0.5, 0.6) is 5.75 Å². The van der Waals surface area contributed by atoms with Crippen LogP contribution in [0.3, 0.4) is 0 Å². The van der Waals surface area contributed by atoms with E-state index in [0.717, 1.165) is 18.2 Å². The molecule has 2 rings (SSSR count). The molecule has 2 aromatic carbocycles. The van der Waals surface area contributed by atoms with Crippen molar-refractivity contribution in [1.82, 2.24) is 4.90 Å². The van der Waals surface area contributed by atoms with Crippen molar-refractivity contribution in [2.24, 2.45) is 0 Å². The molecule has 2 aromatic rings. The van der Waals surface area contributed by atoms with Crippen molar-refractivity contribution in [3.63, 3.8) is 0 Å². The molecule has 3 N–H and O–H groups in total. The third-order valence-electron chi connectivity index (χ3n) is 3.41. The molecule has 0 aliphatic heterocycles. The summed E-state index contributed by atoms with van der Waals surface area (Å²) in [5.74, 6) is -0.556. The van der Waals surface area contributed by atoms with Gasteiger partial charge in [-0.15, -0.1) is 0 Å². The minimum atomic E-state index is -0.492. The van der Waals surface area contributed by atoms with E-state index in [0.29, 0.717) is 22.3 Å². The highest BCUT2D eigenvalue weighted by Gasteiger charge is 2.13. The number of aliphatic hydroxyl groups excluding tert-OH is 1. The highest BCUT2D eigenvalue weighted by molar-refractivity contribution is 5.70. The van der Waals surface area contributed by atoms with Crippen LogP contribution in [0, 0.1) is 12.7 Å². The van der Waals surface area contributed by atoms with Crippen LogP contribution in [0.2, 0.25) is 0 Å². The second-order valence-corrected chi connectivity index (χ2v) is 5.61. The third-order valence-corrected chi connectivity index (χ3v) is 3.41. The lowest BCUT2D eigenvalue weighted by Gasteiger charge is -2.14. The molecule has 0 radical (unpaired) electrons. The smallest absolute Gasteiger partial charge is 0.290 e. The Labute approximate surface area is 140 Å². The van der Waals surface area contributed by atoms with Crippen molar-refractivity contribution in [2.45, 2.75) is 20.1 Å². The quantitative estimate of drug-likeness (QED) is 0.749. The topological polar surface area (TPSA) is 81.0 Å². The molecule has 0 amide bonds. The molecule has 24 heavy (non-hydrogen) atoms. The van der Waals surface area contributed by atoms with Gasteiger partial charge in [0.2, 0.25) is 0 Å². The number of aromatic hydroxyl groups is 1. The van der Waals surface area contributed by atoms with E-state index in [1.807, 2.05) is 37.2 Å². The first-order chi connectivity index (χ1) is 11.3. The van der Waals surface area contributed by atoms with Crippen molar-refractivity contribution in [1.29, 1.82) is 0 Å². The zero-order chi connectivity index (χ0) is 18.3. The predicted octanol–water partition coefficient (Wildman–Crippen LogP) is 2.76. The fourth-order valence-corrected chi connectivity index (χ4v) is 2.38. The van der Waals surface area contributed by atoms with E-state index in [2.05, 4.69) is 0 Å². The van der Waals surface area contributed by atoms with Crippen LogP contribution in [0.4, 0.5) is 4.39 Å². The van der Waals surface area contributed by atoms with Gasteiger partial charge in [-0.25, -0.2) is 4.39 Å². The highest BCUT2D eigenvalue weighted by Crippen LogP contribution is 2.31. The number of rotatable bonds is 4. The minimum Gasteiger partial charge on any atom is -0.508 e. The summed E-state index contributed by atoms with van der Waals surface area (Å²) < 4.78 is 14.1. The number of hydrogen-bond acceptors (Lipinski definition) is 4. The van der Waals surface area contributed by atoms with E-state index in [1.165, 1.54) is 0 Å². The number of halogens is 1. The van der Waals surface area contributed by atoms with Crippen molar-refractivity contribution in [2.75, 3.05) is 14.1 Å². The molecular weight excluding hydrogens is 313 g/mol. The molecule has 0 spiro atoms. The Kier molecular flexibility index (Phi) is 7.35. The maximum Gasteiger partial charge on any atom is 0.290 e. The van der Waals surface area contributed by atoms with Crippen molar-refractivity contribution < 1.29 is 24.5 Å². The second kappa shape index (κ2) is 9.00. The normalized spacial score (nSPS) is 10.2. The van der Waals surface area contributed by atoms with Gasteiger partial charge >= 0.3 is 0 Å². The van der Waals surface area contributed by atoms with E-state index in [-0.39, 0.29) is 18.8 Å². The Hall–Kier alpha value is -2.44. The van der Waals surface area contributed by atoms with Gasteiger partial charge in [-0.3, -0.25) is 4.79 Å². The Balaban J connectivity index is 0.000000891. The standard InChI is InChI=1S/C17H20FNO2.CH2O2/c1-11-6-15(16(18)8-17(11)21)14-5-4-12(9-19(2)3)7-13(14)10-20;2-1-3/h4-8,20-21H,9-10H2,1-3H3;1H,(H,2,3). The molecule has 0 aliphatic carbocycles. The SMILES string of the molecule is Cc1cc(-c2ccc(CN(C)C)cc2CO)c(F)cc1O.O=CO. The number of aryl methyl sites for hydroxylation is 1. The van der Waals surface area contributed by atoms with Gasteiger partial charge in [0.05, 0.1) is 6.61 Å². The fraction of sp³-hybridized carbons (Fsp3) is 0.278. The molecule has 0 bridgehead atoms. The molecule has 5 nitrogen and oxygen atoms in total. The maximum absolute atomic E-state index is 14.1. The van der Waals surface area contributed by atoms with Gasteiger partial charge in [0, 0.05) is 18.2 Å². The van der Waals surface area contributed by atoms with E-state index >= 15 is 0 Å². The van der Waals surface area contributed by atoms with Gasteiger partial charge in [0.25, 0.3) is 6.47 Å². The molecule has 0 aliphatic rings. The molecule has 0 atom stereocenters. The number of carbonyl (C=O) groups is 1. The van der Waals surface area contributed by atoms with E-state index in [9.17, 15) is 14.6 Å². The fourth-order valence-electron chi connectivity index (χ4n) is 2.38. The van der Waals surface area contributed by atoms with Crippen LogP contribution in [0.25, 0.3) is 11.1 Å². The summed E-state index contributed by atoms with van der Waals surface area (Å²) in [6.07, 6.45) is 0. The number of phenolic OH excluding ortho intramolecular Hbond substituents is 1. The molecule has 0 aromatic heterocycles. The number of nitrogens with zero attached hydrogens (tertiary/aromatic N) is 1. The summed E-state index contributed by atoms with van der Waals surface area (Å²) in [4.78, 5) is 10.4. The summed E-state index contributed by atoms with van der Waals surface area (Å²) in [5, 5.41) is 26.0. The molecule has 0 heterocycles. The van der Waals surface area contributed by atoms with Crippen LogP contribution < -0.4 is 0 Å². The summed E-state index contributed by atoms with van der Waals surface area (Å²) in [7, 11) is 3.94. The van der Waals surface area contributed by atoms with Crippen molar-refractivity contribution in [3.8, 4) is 16.9 Å². The summed E-state index contributed by atoms with van der Waals surface area (Å²) >= 11 is 0. The molecule has 0 fully saturated rings. The lowest BCUT2D eigenvalue weighted by molar-refractivity contribution is -0.122. The number of hydrogen-bond donors (Lipinski definition) is 3. The van der Waals surface area contributed by atoms with Crippen LogP contribution in [-0.4, -0.2) is 40.8 Å². The lowest BCUT2D eigenvalue weighted by atomic mass is 9.96. The van der Waals surface area contributed by atoms with E-state index < -0.39 is 5.82 Å². The van der Waals surface area contributed by atoms with Crippen LogP contribution in [0.15, 0.2) is 30.3 Å². The molecule has 0 saturated heterocycles. The third kappa shape index (κ3) is 5.04. The first kappa shape index (κ1) is 19.6. The Morgan fingerprint density at radius 2 is 1.79 bits per heavy atom. The predicted molar refractivity (Wildman–Crippen MR) is 90.2 cm³/mol. The Morgan fingerprint density at radius 1 is 1.17 bits per heavy atom. The van der Waals surface area contributed by atoms with Crippen molar-refractivity contribution in [3.05, 3.63) is 52.8 Å². The zero-order valence-electron chi connectivity index (χ0n) is 14.0. The first-order valence-electron chi connectivity index (χ1n) is 7.28. The average molecular weight is 335 g/mol. The Bertz CT molecular complexity index is 702. The second-order valence-electron chi connectivity index (χ2n) is 5.61. The Morgan fingerprint density at radius 3 is 2.33 bits per heavy atom. The van der Waals surface area contributed by atoms with Gasteiger partial charge in [-0.05, 0) is 49.3 Å². The number of aliphatic hydroxyl groups is 1. The molecule has 6 heteroatoms. The molecule has 0 unspecified atom stereocenters. The molecular formula is C18H22FNO4. The van der Waals surface area contributed by atoms with Gasteiger partial charge in [-0.2, -0.15) is 0 Å². The van der Waals surface area contributed by atoms with Gasteiger partial charge in [0.15, 0.2) is 0 Å². The monoisotopic (exact) mass is 335 g/mol. The van der Waals surface area contributed by atoms with Crippen molar-refractivity contribution >= 4 is 6.47 Å². The lowest BCUT2D eigenvalue weighted by Crippen LogP contribution is -2.11. The summed E-state index contributed by atoms with van der Waals surface area (Å²) in [6, 6.07) is 8.34. The summed E-state index contributed by atoms with van der Waals surface area (Å²) in [6.45, 7) is 2.07. The average Bonchev–Trinajstić information content (AvgIpc) is 2.51. The summed E-state index contributed by atoms with van der Waals surface area (Å²) in [5.41, 5.74) is 3.39. The maximum atomic E-state index is 14.1. The van der Waals surface area contributed by atoms with Gasteiger partial charge < -0.3 is 20.2 Å². The highest BCUT2D eigenvalue weighted by atomic mass is 19.1. The van der Waals surface area contributed by atoms with Crippen LogP contribution in [0.1, 0.15) is 16.7 Å². The van der Waals surface area contributed by atoms with Gasteiger partial charge in [-0.1, -0.05) is 18.2 Å². The van der Waals surface area contributed by atoms with E-state index in [1.54, 1.807) is 13.0 Å². The number of carboxylic acid groups (broad SMARTS) is 1. The van der Waals surface area contributed by atoms with Crippen LogP contribution >= 0.6 is 0 Å². The zero-order valence-corrected chi connectivity index (χ0v) is 14.0. The van der Waals surface area contributed by atoms with E-state index in [4.69, 9.17) is 9.90 Å². The first-order valence-corrected chi connectivity index (χ1v) is 7.28. The van der Waals surface area contributed by atoms with Gasteiger partial charge in [0.1, 0.15) is 11.6 Å². The largest absolute Gasteiger partial charge is 0.508 e. The molecule has 130 valence electrons. The minimum absolute atomic E-state index is 0.0639. The number of benzene rings is 2.